The maximum Gasteiger partial charge on any atom is 0.272 e. The molecule has 0 saturated heterocycles. The van der Waals surface area contributed by atoms with E-state index in [1.807, 2.05) is 22.2 Å². The molecule has 2 rings (SSSR count). The molecule has 0 atom stereocenters. The van der Waals surface area contributed by atoms with Crippen molar-refractivity contribution in [3.8, 4) is 10.4 Å². The standard InChI is InChI=1S/C11H14N2S.C9H16F2N4O/c1-3-10-5-6-11(14-10)9-7-12-13(4-2)8-9;1-6(2)9(16)15(14-13-3)5-7(4-12)8(10)11/h5-8H,3-4H2,1-2H3;6H,4-5,12H2,1-3H3. The third-order valence-corrected chi connectivity index (χ3v) is 5.33. The van der Waals surface area contributed by atoms with Gasteiger partial charge < -0.3 is 5.73 Å². The minimum Gasteiger partial charge on any atom is -0.327 e. The number of hydrogen-bond donors (Lipinski definition) is 1. The van der Waals surface area contributed by atoms with Gasteiger partial charge in [0.15, 0.2) is 0 Å². The molecule has 0 fully saturated rings. The molecule has 0 bridgehead atoms. The minimum atomic E-state index is -1.88. The van der Waals surface area contributed by atoms with Gasteiger partial charge in [0.05, 0.1) is 19.8 Å². The van der Waals surface area contributed by atoms with Gasteiger partial charge in [-0.3, -0.25) is 9.48 Å². The second-order valence-electron chi connectivity index (χ2n) is 6.61. The lowest BCUT2D eigenvalue weighted by Crippen LogP contribution is -2.32. The van der Waals surface area contributed by atoms with Crippen LogP contribution in [0.2, 0.25) is 0 Å². The van der Waals surface area contributed by atoms with Gasteiger partial charge in [0.2, 0.25) is 5.91 Å². The lowest BCUT2D eigenvalue weighted by molar-refractivity contribution is -0.134. The van der Waals surface area contributed by atoms with Crippen molar-refractivity contribution in [1.82, 2.24) is 14.8 Å². The zero-order valence-corrected chi connectivity index (χ0v) is 18.9. The Balaban J connectivity index is 0.000000301. The van der Waals surface area contributed by atoms with Crippen molar-refractivity contribution in [2.24, 2.45) is 22.0 Å². The topological polar surface area (TPSA) is 88.9 Å². The number of aryl methyl sites for hydroxylation is 2. The highest BCUT2D eigenvalue weighted by Crippen LogP contribution is 2.27. The Hall–Kier alpha value is -2.46. The van der Waals surface area contributed by atoms with Crippen LogP contribution in [0.5, 0.6) is 0 Å². The fraction of sp³-hybridized carbons (Fsp3) is 0.500. The van der Waals surface area contributed by atoms with Crippen LogP contribution in [-0.4, -0.2) is 40.8 Å². The summed E-state index contributed by atoms with van der Waals surface area (Å²) in [6.07, 6.45) is 3.28. The van der Waals surface area contributed by atoms with Gasteiger partial charge in [-0.1, -0.05) is 26.0 Å². The Morgan fingerprint density at radius 2 is 2.03 bits per heavy atom. The maximum atomic E-state index is 12.4. The summed E-state index contributed by atoms with van der Waals surface area (Å²) in [5.41, 5.74) is 6.06. The minimum absolute atomic E-state index is 0.316. The lowest BCUT2D eigenvalue weighted by atomic mass is 10.2. The van der Waals surface area contributed by atoms with Gasteiger partial charge in [0, 0.05) is 46.1 Å². The Bertz CT molecular complexity index is 815. The molecule has 0 aliphatic carbocycles. The summed E-state index contributed by atoms with van der Waals surface area (Å²) in [5, 5.41) is 12.1. The van der Waals surface area contributed by atoms with Crippen LogP contribution in [0.3, 0.4) is 0 Å². The Morgan fingerprint density at radius 1 is 1.33 bits per heavy atom. The van der Waals surface area contributed by atoms with Gasteiger partial charge in [0.1, 0.15) is 0 Å². The molecule has 0 spiro atoms. The van der Waals surface area contributed by atoms with E-state index >= 15 is 0 Å². The van der Waals surface area contributed by atoms with Gasteiger partial charge >= 0.3 is 0 Å². The number of carbonyl (C=O) groups excluding carboxylic acids is 1. The van der Waals surface area contributed by atoms with Crippen LogP contribution in [-0.2, 0) is 17.8 Å². The predicted molar refractivity (Wildman–Crippen MR) is 116 cm³/mol. The van der Waals surface area contributed by atoms with E-state index in [0.717, 1.165) is 18.0 Å². The Morgan fingerprint density at radius 3 is 2.47 bits per heavy atom. The number of nitrogens with two attached hydrogens (primary N) is 1. The molecule has 0 unspecified atom stereocenters. The second kappa shape index (κ2) is 13.0. The van der Waals surface area contributed by atoms with E-state index in [2.05, 4.69) is 47.6 Å². The third-order valence-electron chi connectivity index (χ3n) is 4.05. The quantitative estimate of drug-likeness (QED) is 0.474. The normalized spacial score (nSPS) is 10.8. The molecule has 7 nitrogen and oxygen atoms in total. The molecule has 0 aromatic carbocycles. The maximum absolute atomic E-state index is 12.4. The van der Waals surface area contributed by atoms with Crippen molar-refractivity contribution in [1.29, 1.82) is 0 Å². The SMILES string of the molecule is CCc1ccc(-c2cnn(CC)c2)s1.CN=NN(CC(CN)=C(F)F)C(=O)C(C)C. The van der Waals surface area contributed by atoms with Crippen LogP contribution in [0.4, 0.5) is 8.78 Å². The lowest BCUT2D eigenvalue weighted by Gasteiger charge is -2.18. The van der Waals surface area contributed by atoms with E-state index in [1.165, 1.54) is 22.4 Å². The summed E-state index contributed by atoms with van der Waals surface area (Å²) in [5.74, 6) is -0.718. The Labute approximate surface area is 180 Å². The van der Waals surface area contributed by atoms with Crippen LogP contribution in [0.25, 0.3) is 10.4 Å². The summed E-state index contributed by atoms with van der Waals surface area (Å²) >= 11 is 1.86. The number of amides is 1. The highest BCUT2D eigenvalue weighted by Gasteiger charge is 2.19. The number of rotatable bonds is 8. The van der Waals surface area contributed by atoms with Crippen LogP contribution >= 0.6 is 11.3 Å². The molecule has 1 amide bonds. The summed E-state index contributed by atoms with van der Waals surface area (Å²) in [7, 11) is 1.36. The summed E-state index contributed by atoms with van der Waals surface area (Å²) in [6.45, 7) is 7.88. The van der Waals surface area contributed by atoms with E-state index in [9.17, 15) is 13.6 Å². The van der Waals surface area contributed by atoms with Crippen LogP contribution in [0, 0.1) is 5.92 Å². The number of carbonyl (C=O) groups is 1. The molecular weight excluding hydrogens is 410 g/mol. The number of thiophene rings is 1. The number of aromatic nitrogens is 2. The first-order valence-electron chi connectivity index (χ1n) is 9.72. The first kappa shape index (κ1) is 25.6. The van der Waals surface area contributed by atoms with Crippen molar-refractivity contribution in [3.63, 3.8) is 0 Å². The molecule has 0 saturated carbocycles. The first-order valence-corrected chi connectivity index (χ1v) is 10.5. The number of nitrogens with zero attached hydrogens (tertiary/aromatic N) is 5. The van der Waals surface area contributed by atoms with Gasteiger partial charge in [-0.25, -0.2) is 5.01 Å². The molecule has 2 aromatic heterocycles. The molecular formula is C20H30F2N6OS. The molecule has 0 radical (unpaired) electrons. The van der Waals surface area contributed by atoms with Crippen molar-refractivity contribution in [2.75, 3.05) is 20.1 Å². The molecule has 166 valence electrons. The molecule has 2 aromatic rings. The average Bonchev–Trinajstić information content (AvgIpc) is 3.39. The molecule has 0 aliphatic rings. The third kappa shape index (κ3) is 7.75. The van der Waals surface area contributed by atoms with Crippen molar-refractivity contribution in [2.45, 2.75) is 40.7 Å². The van der Waals surface area contributed by atoms with E-state index in [0.29, 0.717) is 0 Å². The molecule has 0 aliphatic heterocycles. The molecule has 2 heterocycles. The van der Waals surface area contributed by atoms with Gasteiger partial charge in [-0.15, -0.1) is 11.3 Å². The van der Waals surface area contributed by atoms with Crippen molar-refractivity contribution in [3.05, 3.63) is 41.1 Å². The second-order valence-corrected chi connectivity index (χ2v) is 7.78. The van der Waals surface area contributed by atoms with Crippen LogP contribution < -0.4 is 5.73 Å². The smallest absolute Gasteiger partial charge is 0.272 e. The van der Waals surface area contributed by atoms with E-state index < -0.39 is 6.08 Å². The molecule has 2 N–H and O–H groups in total. The fourth-order valence-electron chi connectivity index (χ4n) is 2.33. The number of hydrogen-bond acceptors (Lipinski definition) is 6. The van der Waals surface area contributed by atoms with Crippen LogP contribution in [0.15, 0.2) is 46.5 Å². The van der Waals surface area contributed by atoms with E-state index in [1.54, 1.807) is 13.8 Å². The van der Waals surface area contributed by atoms with E-state index in [-0.39, 0.29) is 30.5 Å². The predicted octanol–water partition coefficient (Wildman–Crippen LogP) is 4.77. The monoisotopic (exact) mass is 440 g/mol. The Kier molecular flexibility index (Phi) is 11.1. The largest absolute Gasteiger partial charge is 0.327 e. The van der Waals surface area contributed by atoms with Crippen molar-refractivity contribution < 1.29 is 13.6 Å². The van der Waals surface area contributed by atoms with Crippen LogP contribution in [0.1, 0.15) is 32.6 Å². The number of halogens is 2. The van der Waals surface area contributed by atoms with E-state index in [4.69, 9.17) is 5.73 Å². The zero-order chi connectivity index (χ0) is 22.7. The molecule has 30 heavy (non-hydrogen) atoms. The zero-order valence-electron chi connectivity index (χ0n) is 18.1. The highest BCUT2D eigenvalue weighted by molar-refractivity contribution is 7.15. The highest BCUT2D eigenvalue weighted by atomic mass is 32.1. The van der Waals surface area contributed by atoms with Gasteiger partial charge in [-0.05, 0) is 25.5 Å². The fourth-order valence-corrected chi connectivity index (χ4v) is 3.25. The average molecular weight is 441 g/mol. The summed E-state index contributed by atoms with van der Waals surface area (Å²) in [6, 6.07) is 4.38. The summed E-state index contributed by atoms with van der Waals surface area (Å²) < 4.78 is 26.7. The van der Waals surface area contributed by atoms with Crippen molar-refractivity contribution >= 4 is 17.2 Å². The van der Waals surface area contributed by atoms with Gasteiger partial charge in [-0.2, -0.15) is 19.0 Å². The van der Waals surface area contributed by atoms with Gasteiger partial charge in [0.25, 0.3) is 6.08 Å². The summed E-state index contributed by atoms with van der Waals surface area (Å²) in [4.78, 5) is 14.3. The first-order chi connectivity index (χ1) is 14.3. The molecule has 10 heteroatoms.